The van der Waals surface area contributed by atoms with Gasteiger partial charge in [0.05, 0.1) is 6.04 Å². The number of rotatable bonds is 20. The van der Waals surface area contributed by atoms with Gasteiger partial charge in [0.25, 0.3) is 11.8 Å². The fourth-order valence-corrected chi connectivity index (χ4v) is 5.53. The fourth-order valence-electron chi connectivity index (χ4n) is 5.53. The summed E-state index contributed by atoms with van der Waals surface area (Å²) in [6.07, 6.45) is -0.885. The number of ether oxygens (including phenoxy) is 2. The average molecular weight is 766 g/mol. The van der Waals surface area contributed by atoms with Crippen molar-refractivity contribution in [2.24, 2.45) is 29.4 Å². The number of carbonyl (C=O) groups is 7. The van der Waals surface area contributed by atoms with Gasteiger partial charge in [-0.1, -0.05) is 123 Å². The van der Waals surface area contributed by atoms with Crippen molar-refractivity contribution in [1.29, 1.82) is 0 Å². The van der Waals surface area contributed by atoms with Gasteiger partial charge in [0.2, 0.25) is 17.6 Å². The molecule has 0 heterocycles. The van der Waals surface area contributed by atoms with Gasteiger partial charge >= 0.3 is 12.1 Å². The number of nitrogens with two attached hydrogens (primary N) is 1. The van der Waals surface area contributed by atoms with E-state index in [4.69, 9.17) is 15.2 Å². The molecule has 302 valence electrons. The third-order valence-electron chi connectivity index (χ3n) is 8.86. The molecule has 14 nitrogen and oxygen atoms in total. The van der Waals surface area contributed by atoms with Crippen LogP contribution >= 0.6 is 0 Å². The predicted molar refractivity (Wildman–Crippen MR) is 207 cm³/mol. The van der Waals surface area contributed by atoms with Crippen LogP contribution in [-0.4, -0.2) is 76.6 Å². The first-order valence-corrected chi connectivity index (χ1v) is 18.8. The molecule has 0 saturated heterocycles. The highest BCUT2D eigenvalue weighted by atomic mass is 16.5. The number of hydrogen-bond acceptors (Lipinski definition) is 10. The monoisotopic (exact) mass is 765 g/mol. The lowest BCUT2D eigenvalue weighted by Crippen LogP contribution is -2.64. The molecule has 0 fully saturated rings. The van der Waals surface area contributed by atoms with Gasteiger partial charge in [0, 0.05) is 0 Å². The number of nitrogens with one attached hydrogen (secondary N) is 3. The van der Waals surface area contributed by atoms with Gasteiger partial charge in [0.15, 0.2) is 0 Å². The van der Waals surface area contributed by atoms with Crippen LogP contribution in [0, 0.1) is 23.7 Å². The first kappa shape index (κ1) is 46.0. The van der Waals surface area contributed by atoms with Crippen LogP contribution in [0.1, 0.15) is 86.3 Å². The standard InChI is InChI=1S/C41H59N5O9/c1-10-30(42)35(47)39(51)46(31(21-24(2)3)36(48)44-34(27(8)9)40(52)54-22-28-17-13-11-14-18-28)38(50)33(26(6)7)43-37(49)32(25(4)5)45-41(53)55-23-29-19-15-12-16-20-29/h11-20,24-27,30-34H,10,21-23,42H2,1-9H3,(H,43,49)(H,44,48)(H,45,53)/t30-,31+,32-,33-,34?/m0/s1. The largest absolute Gasteiger partial charge is 0.459 e. The van der Waals surface area contributed by atoms with E-state index >= 15 is 0 Å². The van der Waals surface area contributed by atoms with Gasteiger partial charge in [0.1, 0.15) is 37.4 Å². The van der Waals surface area contributed by atoms with E-state index in [1.165, 1.54) is 0 Å². The highest BCUT2D eigenvalue weighted by molar-refractivity contribution is 6.41. The Balaban J connectivity index is 2.47. The maximum atomic E-state index is 14.6. The first-order chi connectivity index (χ1) is 25.9. The maximum absolute atomic E-state index is 14.6. The third-order valence-corrected chi connectivity index (χ3v) is 8.86. The molecule has 0 saturated carbocycles. The van der Waals surface area contributed by atoms with E-state index in [1.54, 1.807) is 111 Å². The smallest absolute Gasteiger partial charge is 0.408 e. The van der Waals surface area contributed by atoms with Crippen molar-refractivity contribution >= 4 is 41.5 Å². The molecule has 1 unspecified atom stereocenters. The van der Waals surface area contributed by atoms with E-state index in [1.807, 2.05) is 12.1 Å². The van der Waals surface area contributed by atoms with Crippen molar-refractivity contribution in [2.75, 3.05) is 0 Å². The van der Waals surface area contributed by atoms with Crippen molar-refractivity contribution in [3.05, 3.63) is 71.8 Å². The number of alkyl carbamates (subject to hydrolysis) is 1. The molecule has 2 rings (SSSR count). The number of benzene rings is 2. The van der Waals surface area contributed by atoms with Crippen LogP contribution in [0.4, 0.5) is 4.79 Å². The zero-order chi connectivity index (χ0) is 41.4. The quantitative estimate of drug-likeness (QED) is 0.113. The third kappa shape index (κ3) is 14.2. The number of Topliss-reactive ketones (excluding diaryl/α,β-unsaturated/α-hetero) is 1. The van der Waals surface area contributed by atoms with Gasteiger partial charge in [-0.05, 0) is 47.6 Å². The normalized spacial score (nSPS) is 14.0. The molecular formula is C41H59N5O9. The topological polar surface area (TPSA) is 203 Å². The molecule has 0 aromatic heterocycles. The summed E-state index contributed by atoms with van der Waals surface area (Å²) in [6, 6.07) is 11.3. The summed E-state index contributed by atoms with van der Waals surface area (Å²) >= 11 is 0. The lowest BCUT2D eigenvalue weighted by Gasteiger charge is -2.35. The van der Waals surface area contributed by atoms with Gasteiger partial charge in [-0.2, -0.15) is 0 Å². The molecule has 2 aromatic rings. The van der Waals surface area contributed by atoms with Gasteiger partial charge in [-0.25, -0.2) is 9.59 Å². The number of ketones is 1. The van der Waals surface area contributed by atoms with E-state index in [9.17, 15) is 33.6 Å². The van der Waals surface area contributed by atoms with Crippen LogP contribution < -0.4 is 21.7 Å². The van der Waals surface area contributed by atoms with Crippen LogP contribution in [0.3, 0.4) is 0 Å². The first-order valence-electron chi connectivity index (χ1n) is 18.8. The number of nitrogens with zero attached hydrogens (tertiary/aromatic N) is 1. The van der Waals surface area contributed by atoms with Crippen molar-refractivity contribution in [3.8, 4) is 0 Å². The highest BCUT2D eigenvalue weighted by Crippen LogP contribution is 2.20. The Morgan fingerprint density at radius 3 is 1.56 bits per heavy atom. The van der Waals surface area contributed by atoms with Crippen molar-refractivity contribution < 1.29 is 43.0 Å². The minimum atomic E-state index is -1.58. The Kier molecular flexibility index (Phi) is 18.7. The Morgan fingerprint density at radius 1 is 0.636 bits per heavy atom. The molecule has 0 aliphatic heterocycles. The van der Waals surface area contributed by atoms with E-state index in [-0.39, 0.29) is 32.0 Å². The summed E-state index contributed by atoms with van der Waals surface area (Å²) < 4.78 is 10.8. The number of amides is 5. The van der Waals surface area contributed by atoms with Crippen LogP contribution in [0.25, 0.3) is 0 Å². The zero-order valence-electron chi connectivity index (χ0n) is 33.5. The molecule has 14 heteroatoms. The van der Waals surface area contributed by atoms with Crippen molar-refractivity contribution in [2.45, 2.75) is 119 Å². The summed E-state index contributed by atoms with van der Waals surface area (Å²) in [4.78, 5) is 96.6. The minimum Gasteiger partial charge on any atom is -0.459 e. The van der Waals surface area contributed by atoms with Crippen molar-refractivity contribution in [1.82, 2.24) is 20.9 Å². The van der Waals surface area contributed by atoms with Crippen LogP contribution in [-0.2, 0) is 51.5 Å². The molecule has 5 amide bonds. The number of esters is 1. The predicted octanol–water partition coefficient (Wildman–Crippen LogP) is 4.04. The summed E-state index contributed by atoms with van der Waals surface area (Å²) in [5.41, 5.74) is 7.45. The zero-order valence-corrected chi connectivity index (χ0v) is 33.5. The second-order valence-corrected chi connectivity index (χ2v) is 15.0. The Labute approximate surface area is 324 Å². The Hall–Kier alpha value is -5.11. The summed E-state index contributed by atoms with van der Waals surface area (Å²) in [5.74, 6) is -7.72. The molecule has 0 aliphatic carbocycles. The van der Waals surface area contributed by atoms with Gasteiger partial charge in [-0.15, -0.1) is 0 Å². The summed E-state index contributed by atoms with van der Waals surface area (Å²) in [5, 5.41) is 7.87. The number of carbonyl (C=O) groups excluding carboxylic acids is 7. The molecule has 5 N–H and O–H groups in total. The second-order valence-electron chi connectivity index (χ2n) is 15.0. The molecular weight excluding hydrogens is 706 g/mol. The van der Waals surface area contributed by atoms with E-state index < -0.39 is 89.4 Å². The van der Waals surface area contributed by atoms with Crippen LogP contribution in [0.15, 0.2) is 60.7 Å². The van der Waals surface area contributed by atoms with Crippen LogP contribution in [0.5, 0.6) is 0 Å². The second kappa shape index (κ2) is 22.3. The number of hydrogen-bond donors (Lipinski definition) is 4. The molecule has 0 aliphatic rings. The molecule has 55 heavy (non-hydrogen) atoms. The van der Waals surface area contributed by atoms with Crippen LogP contribution in [0.2, 0.25) is 0 Å². The Morgan fingerprint density at radius 2 is 1.11 bits per heavy atom. The maximum Gasteiger partial charge on any atom is 0.408 e. The average Bonchev–Trinajstić information content (AvgIpc) is 3.15. The SMILES string of the molecule is CC[C@H](N)C(=O)C(=O)N(C(=O)[C@@H](NC(=O)[C@@H](NC(=O)OCc1ccccc1)C(C)C)C(C)C)[C@H](CC(C)C)C(=O)NC(C(=O)OCc1ccccc1)C(C)C. The highest BCUT2D eigenvalue weighted by Gasteiger charge is 2.44. The number of imide groups is 1. The molecule has 0 spiro atoms. The fraction of sp³-hybridized carbons (Fsp3) is 0.537. The Bertz CT molecular complexity index is 1600. The lowest BCUT2D eigenvalue weighted by molar-refractivity contribution is -0.160. The lowest BCUT2D eigenvalue weighted by atomic mass is 9.95. The van der Waals surface area contributed by atoms with E-state index in [0.29, 0.717) is 4.90 Å². The van der Waals surface area contributed by atoms with Crippen molar-refractivity contribution in [3.63, 3.8) is 0 Å². The summed E-state index contributed by atoms with van der Waals surface area (Å²) in [7, 11) is 0. The molecule has 0 bridgehead atoms. The van der Waals surface area contributed by atoms with E-state index in [2.05, 4.69) is 16.0 Å². The van der Waals surface area contributed by atoms with E-state index in [0.717, 1.165) is 11.1 Å². The minimum absolute atomic E-state index is 0.0427. The van der Waals surface area contributed by atoms with Gasteiger partial charge < -0.3 is 31.2 Å². The van der Waals surface area contributed by atoms with Gasteiger partial charge in [-0.3, -0.25) is 28.9 Å². The molecule has 5 atom stereocenters. The molecule has 2 aromatic carbocycles. The molecule has 0 radical (unpaired) electrons. The summed E-state index contributed by atoms with van der Waals surface area (Å²) in [6.45, 7) is 15.0.